The molecule has 1 heterocycles. The van der Waals surface area contributed by atoms with Crippen molar-refractivity contribution < 1.29 is 9.53 Å². The van der Waals surface area contributed by atoms with Crippen molar-refractivity contribution in [2.24, 2.45) is 7.05 Å². The molecule has 0 saturated heterocycles. The van der Waals surface area contributed by atoms with Crippen molar-refractivity contribution in [1.29, 1.82) is 0 Å². The van der Waals surface area contributed by atoms with Gasteiger partial charge in [0, 0.05) is 30.1 Å². The molecule has 1 aromatic carbocycles. The van der Waals surface area contributed by atoms with Gasteiger partial charge in [0.05, 0.1) is 7.11 Å². The third kappa shape index (κ3) is 1.61. The summed E-state index contributed by atoms with van der Waals surface area (Å²) in [5.41, 5.74) is 2.14. The van der Waals surface area contributed by atoms with E-state index in [1.807, 2.05) is 35.9 Å². The van der Waals surface area contributed by atoms with Gasteiger partial charge in [0.2, 0.25) is 0 Å². The Bertz CT molecular complexity index is 500. The topological polar surface area (TPSA) is 31.2 Å². The molecule has 3 nitrogen and oxygen atoms in total. The molecule has 78 valence electrons. The van der Waals surface area contributed by atoms with Crippen molar-refractivity contribution in [3.63, 3.8) is 0 Å². The molecule has 0 N–H and O–H groups in total. The number of aryl methyl sites for hydroxylation is 1. The number of carbonyl (C=O) groups excluding carboxylic acids is 1. The molecule has 0 saturated carbocycles. The van der Waals surface area contributed by atoms with Crippen molar-refractivity contribution in [3.8, 4) is 5.75 Å². The van der Waals surface area contributed by atoms with E-state index in [-0.39, 0.29) is 0 Å². The predicted molar refractivity (Wildman–Crippen MR) is 59.2 cm³/mol. The maximum atomic E-state index is 10.5. The fourth-order valence-electron chi connectivity index (χ4n) is 1.79. The highest BCUT2D eigenvalue weighted by atomic mass is 16.5. The minimum absolute atomic E-state index is 0.452. The average Bonchev–Trinajstić information content (AvgIpc) is 2.56. The summed E-state index contributed by atoms with van der Waals surface area (Å²) in [5.74, 6) is 0.839. The minimum atomic E-state index is 0.452. The number of fused-ring (bicyclic) bond motifs is 1. The Labute approximate surface area is 88.3 Å². The molecule has 3 heteroatoms. The summed E-state index contributed by atoms with van der Waals surface area (Å²) in [6, 6.07) is 7.92. The summed E-state index contributed by atoms with van der Waals surface area (Å²) >= 11 is 0. The van der Waals surface area contributed by atoms with Gasteiger partial charge in [-0.2, -0.15) is 0 Å². The quantitative estimate of drug-likeness (QED) is 0.714. The van der Waals surface area contributed by atoms with Crippen LogP contribution in [-0.4, -0.2) is 18.0 Å². The lowest BCUT2D eigenvalue weighted by Gasteiger charge is -2.01. The Morgan fingerprint density at radius 3 is 2.87 bits per heavy atom. The van der Waals surface area contributed by atoms with Crippen LogP contribution in [0, 0.1) is 0 Å². The van der Waals surface area contributed by atoms with Gasteiger partial charge in [-0.3, -0.25) is 0 Å². The number of aldehydes is 1. The highest BCUT2D eigenvalue weighted by molar-refractivity contribution is 5.83. The molecule has 0 aliphatic carbocycles. The lowest BCUT2D eigenvalue weighted by molar-refractivity contribution is -0.107. The molecule has 0 bridgehead atoms. The number of aromatic nitrogens is 1. The number of ether oxygens (including phenoxy) is 1. The molecule has 0 aliphatic rings. The Hall–Kier alpha value is -1.77. The molecule has 2 rings (SSSR count). The van der Waals surface area contributed by atoms with E-state index in [1.54, 1.807) is 7.11 Å². The number of methoxy groups -OCH3 is 1. The molecule has 0 spiro atoms. The van der Waals surface area contributed by atoms with Gasteiger partial charge in [-0.15, -0.1) is 0 Å². The van der Waals surface area contributed by atoms with E-state index in [2.05, 4.69) is 0 Å². The molecule has 2 aromatic rings. The zero-order valence-electron chi connectivity index (χ0n) is 8.86. The summed E-state index contributed by atoms with van der Waals surface area (Å²) in [4.78, 5) is 10.5. The molecule has 0 unspecified atom stereocenters. The van der Waals surface area contributed by atoms with Gasteiger partial charge in [0.15, 0.2) is 0 Å². The SMILES string of the molecule is COc1ccc2c(c1)cc(CC=O)n2C. The Balaban J connectivity index is 2.59. The van der Waals surface area contributed by atoms with Crippen LogP contribution in [-0.2, 0) is 18.3 Å². The number of hydrogen-bond donors (Lipinski definition) is 0. The summed E-state index contributed by atoms with van der Waals surface area (Å²) in [5, 5.41) is 1.11. The van der Waals surface area contributed by atoms with Crippen LogP contribution in [0.15, 0.2) is 24.3 Å². The van der Waals surface area contributed by atoms with Gasteiger partial charge in [-0.25, -0.2) is 0 Å². The van der Waals surface area contributed by atoms with Crippen LogP contribution in [0.5, 0.6) is 5.75 Å². The summed E-state index contributed by atoms with van der Waals surface area (Å²) < 4.78 is 7.18. The average molecular weight is 203 g/mol. The summed E-state index contributed by atoms with van der Waals surface area (Å²) in [6.07, 6.45) is 1.37. The zero-order chi connectivity index (χ0) is 10.8. The second-order valence-electron chi connectivity index (χ2n) is 3.49. The van der Waals surface area contributed by atoms with E-state index >= 15 is 0 Å². The molecule has 0 atom stereocenters. The maximum absolute atomic E-state index is 10.5. The Kier molecular flexibility index (Phi) is 2.46. The van der Waals surface area contributed by atoms with Crippen LogP contribution in [0.4, 0.5) is 0 Å². The molecule has 0 aliphatic heterocycles. The largest absolute Gasteiger partial charge is 0.497 e. The smallest absolute Gasteiger partial charge is 0.125 e. The Morgan fingerprint density at radius 1 is 1.40 bits per heavy atom. The molecular formula is C12H13NO2. The first-order valence-electron chi connectivity index (χ1n) is 4.82. The third-order valence-electron chi connectivity index (χ3n) is 2.64. The van der Waals surface area contributed by atoms with Crippen LogP contribution < -0.4 is 4.74 Å². The first-order chi connectivity index (χ1) is 7.26. The van der Waals surface area contributed by atoms with Crippen molar-refractivity contribution in [1.82, 2.24) is 4.57 Å². The molecular weight excluding hydrogens is 190 g/mol. The molecule has 15 heavy (non-hydrogen) atoms. The van der Waals surface area contributed by atoms with Crippen LogP contribution >= 0.6 is 0 Å². The number of rotatable bonds is 3. The summed E-state index contributed by atoms with van der Waals surface area (Å²) in [6.45, 7) is 0. The predicted octanol–water partition coefficient (Wildman–Crippen LogP) is 1.93. The fraction of sp³-hybridized carbons (Fsp3) is 0.250. The highest BCUT2D eigenvalue weighted by Gasteiger charge is 2.05. The third-order valence-corrected chi connectivity index (χ3v) is 2.64. The first kappa shape index (κ1) is 9.77. The second-order valence-corrected chi connectivity index (χ2v) is 3.49. The van der Waals surface area contributed by atoms with E-state index in [1.165, 1.54) is 0 Å². The van der Waals surface area contributed by atoms with Gasteiger partial charge >= 0.3 is 0 Å². The summed E-state index contributed by atoms with van der Waals surface area (Å²) in [7, 11) is 3.62. The minimum Gasteiger partial charge on any atom is -0.497 e. The van der Waals surface area contributed by atoms with Crippen molar-refractivity contribution in [2.45, 2.75) is 6.42 Å². The van der Waals surface area contributed by atoms with Crippen LogP contribution in [0.1, 0.15) is 5.69 Å². The lowest BCUT2D eigenvalue weighted by atomic mass is 10.2. The molecule has 0 amide bonds. The number of hydrogen-bond acceptors (Lipinski definition) is 2. The highest BCUT2D eigenvalue weighted by Crippen LogP contribution is 2.23. The fourth-order valence-corrected chi connectivity index (χ4v) is 1.79. The molecule has 0 radical (unpaired) electrons. The number of nitrogens with zero attached hydrogens (tertiary/aromatic N) is 1. The van der Waals surface area contributed by atoms with E-state index < -0.39 is 0 Å². The Morgan fingerprint density at radius 2 is 2.20 bits per heavy atom. The second kappa shape index (κ2) is 3.77. The monoisotopic (exact) mass is 203 g/mol. The van der Waals surface area contributed by atoms with Gasteiger partial charge in [0.1, 0.15) is 12.0 Å². The van der Waals surface area contributed by atoms with Crippen molar-refractivity contribution in [2.75, 3.05) is 7.11 Å². The van der Waals surface area contributed by atoms with E-state index in [4.69, 9.17) is 4.74 Å². The zero-order valence-corrected chi connectivity index (χ0v) is 8.86. The van der Waals surface area contributed by atoms with Gasteiger partial charge in [-0.05, 0) is 24.3 Å². The van der Waals surface area contributed by atoms with E-state index in [0.717, 1.165) is 28.6 Å². The maximum Gasteiger partial charge on any atom is 0.125 e. The lowest BCUT2D eigenvalue weighted by Crippen LogP contribution is -1.96. The molecule has 0 fully saturated rings. The van der Waals surface area contributed by atoms with Crippen LogP contribution in [0.3, 0.4) is 0 Å². The van der Waals surface area contributed by atoms with Gasteiger partial charge < -0.3 is 14.1 Å². The van der Waals surface area contributed by atoms with Crippen LogP contribution in [0.25, 0.3) is 10.9 Å². The number of benzene rings is 1. The van der Waals surface area contributed by atoms with E-state index in [0.29, 0.717) is 6.42 Å². The van der Waals surface area contributed by atoms with Crippen LogP contribution in [0.2, 0.25) is 0 Å². The van der Waals surface area contributed by atoms with Gasteiger partial charge in [-0.1, -0.05) is 0 Å². The van der Waals surface area contributed by atoms with Crippen molar-refractivity contribution >= 4 is 17.2 Å². The van der Waals surface area contributed by atoms with Gasteiger partial charge in [0.25, 0.3) is 0 Å². The normalized spacial score (nSPS) is 10.5. The molecule has 1 aromatic heterocycles. The standard InChI is InChI=1S/C12H13NO2/c1-13-10(5-6-14)7-9-8-11(15-2)3-4-12(9)13/h3-4,6-8H,5H2,1-2H3. The van der Waals surface area contributed by atoms with Crippen molar-refractivity contribution in [3.05, 3.63) is 30.0 Å². The number of carbonyl (C=O) groups is 1. The van der Waals surface area contributed by atoms with E-state index in [9.17, 15) is 4.79 Å². The first-order valence-corrected chi connectivity index (χ1v) is 4.82.